The molecule has 0 atom stereocenters. The molecule has 3 heteroatoms. The smallest absolute Gasteiger partial charge is 0.160 e. The van der Waals surface area contributed by atoms with Gasteiger partial charge in [0.2, 0.25) is 0 Å². The fourth-order valence-corrected chi connectivity index (χ4v) is 9.32. The van der Waals surface area contributed by atoms with Gasteiger partial charge in [0.05, 0.1) is 28.4 Å². The number of hydrogen-bond donors (Lipinski definition) is 0. The molecule has 11 rings (SSSR count). The maximum absolute atomic E-state index is 10.5. The lowest BCUT2D eigenvalue weighted by molar-refractivity contribution is 0.794. The summed E-state index contributed by atoms with van der Waals surface area (Å²) in [5, 5.41) is 10.5. The fraction of sp³-hybridized carbons (Fsp3) is 0.0185. The van der Waals surface area contributed by atoms with E-state index in [0.29, 0.717) is 11.4 Å². The highest BCUT2D eigenvalue weighted by Gasteiger charge is 2.52. The van der Waals surface area contributed by atoms with Gasteiger partial charge in [0.1, 0.15) is 0 Å². The lowest BCUT2D eigenvalue weighted by Crippen LogP contribution is -2.25. The molecule has 0 bridgehead atoms. The molecule has 1 aromatic heterocycles. The zero-order chi connectivity index (χ0) is 37.9. The summed E-state index contributed by atoms with van der Waals surface area (Å²) in [4.78, 5) is 10.4. The molecule has 3 nitrogen and oxygen atoms in total. The Hall–Kier alpha value is -7.67. The van der Waals surface area contributed by atoms with Crippen LogP contribution in [0.5, 0.6) is 0 Å². The number of nitrogens with zero attached hydrogens (tertiary/aromatic N) is 3. The summed E-state index contributed by atoms with van der Waals surface area (Å²) in [6.45, 7) is 0. The Labute approximate surface area is 331 Å². The first-order chi connectivity index (χ1) is 28.2. The molecule has 0 fully saturated rings. The van der Waals surface area contributed by atoms with Crippen molar-refractivity contribution >= 4 is 0 Å². The van der Waals surface area contributed by atoms with Crippen molar-refractivity contribution in [2.24, 2.45) is 0 Å². The van der Waals surface area contributed by atoms with E-state index >= 15 is 0 Å². The summed E-state index contributed by atoms with van der Waals surface area (Å²) in [5.74, 6) is 0.677. The lowest BCUT2D eigenvalue weighted by atomic mass is 9.70. The van der Waals surface area contributed by atoms with Crippen molar-refractivity contribution < 1.29 is 0 Å². The SMILES string of the molecule is N#Cc1cccc2c1-c1ccc(-c3ccccc3-c3cc(-c4ccc(-c5ccccc5)cc4)nc(-c4ccccc4)n3)cc1C21c2ccccc2-c2ccccc21. The second kappa shape index (κ2) is 13.0. The Morgan fingerprint density at radius 2 is 0.877 bits per heavy atom. The Balaban J connectivity index is 1.11. The third kappa shape index (κ3) is 4.98. The lowest BCUT2D eigenvalue weighted by Gasteiger charge is -2.30. The van der Waals surface area contributed by atoms with Crippen LogP contribution in [0.2, 0.25) is 0 Å². The minimum atomic E-state index is -0.565. The van der Waals surface area contributed by atoms with Crippen LogP contribution in [0.1, 0.15) is 27.8 Å². The summed E-state index contributed by atoms with van der Waals surface area (Å²) in [7, 11) is 0. The highest BCUT2D eigenvalue weighted by atomic mass is 14.9. The number of nitriles is 1. The van der Waals surface area contributed by atoms with Crippen LogP contribution in [0.25, 0.3) is 78.4 Å². The zero-order valence-electron chi connectivity index (χ0n) is 30.9. The molecule has 0 unspecified atom stereocenters. The van der Waals surface area contributed by atoms with Gasteiger partial charge in [0.25, 0.3) is 0 Å². The van der Waals surface area contributed by atoms with E-state index in [1.807, 2.05) is 36.4 Å². The molecule has 0 saturated heterocycles. The second-order valence-electron chi connectivity index (χ2n) is 14.8. The number of hydrogen-bond acceptors (Lipinski definition) is 3. The molecular formula is C54H33N3. The average Bonchev–Trinajstić information content (AvgIpc) is 3.77. The van der Waals surface area contributed by atoms with E-state index in [-0.39, 0.29) is 0 Å². The fourth-order valence-electron chi connectivity index (χ4n) is 9.32. The third-order valence-electron chi connectivity index (χ3n) is 11.8. The summed E-state index contributed by atoms with van der Waals surface area (Å²) < 4.78 is 0. The molecule has 57 heavy (non-hydrogen) atoms. The van der Waals surface area contributed by atoms with E-state index in [0.717, 1.165) is 61.5 Å². The highest BCUT2D eigenvalue weighted by molar-refractivity contribution is 5.98. The van der Waals surface area contributed by atoms with Crippen LogP contribution in [0.3, 0.4) is 0 Å². The van der Waals surface area contributed by atoms with E-state index in [4.69, 9.17) is 9.97 Å². The van der Waals surface area contributed by atoms with Crippen molar-refractivity contribution in [2.45, 2.75) is 5.41 Å². The van der Waals surface area contributed by atoms with Crippen molar-refractivity contribution in [1.29, 1.82) is 5.26 Å². The highest BCUT2D eigenvalue weighted by Crippen LogP contribution is 2.63. The molecule has 1 heterocycles. The molecule has 2 aliphatic rings. The van der Waals surface area contributed by atoms with Gasteiger partial charge in [-0.15, -0.1) is 0 Å². The molecule has 2 aliphatic carbocycles. The summed E-state index contributed by atoms with van der Waals surface area (Å²) in [6.07, 6.45) is 0. The van der Waals surface area contributed by atoms with Crippen molar-refractivity contribution in [3.05, 3.63) is 228 Å². The quantitative estimate of drug-likeness (QED) is 0.178. The summed E-state index contributed by atoms with van der Waals surface area (Å²) in [5.41, 5.74) is 18.8. The number of fused-ring (bicyclic) bond motifs is 10. The average molecular weight is 724 g/mol. The van der Waals surface area contributed by atoms with E-state index in [1.165, 1.54) is 33.4 Å². The molecule has 0 amide bonds. The summed E-state index contributed by atoms with van der Waals surface area (Å²) in [6, 6.07) is 73.1. The van der Waals surface area contributed by atoms with Crippen molar-refractivity contribution in [2.75, 3.05) is 0 Å². The van der Waals surface area contributed by atoms with Crippen LogP contribution < -0.4 is 0 Å². The van der Waals surface area contributed by atoms with Gasteiger partial charge in [0, 0.05) is 22.3 Å². The van der Waals surface area contributed by atoms with Gasteiger partial charge in [-0.3, -0.25) is 0 Å². The molecule has 0 saturated carbocycles. The Morgan fingerprint density at radius 3 is 1.56 bits per heavy atom. The van der Waals surface area contributed by atoms with Gasteiger partial charge in [-0.05, 0) is 79.4 Å². The first-order valence-electron chi connectivity index (χ1n) is 19.3. The van der Waals surface area contributed by atoms with Gasteiger partial charge >= 0.3 is 0 Å². The van der Waals surface area contributed by atoms with Crippen molar-refractivity contribution in [3.63, 3.8) is 0 Å². The predicted octanol–water partition coefficient (Wildman–Crippen LogP) is 13.0. The van der Waals surface area contributed by atoms with E-state index in [9.17, 15) is 5.26 Å². The first kappa shape index (κ1) is 32.7. The van der Waals surface area contributed by atoms with Gasteiger partial charge in [-0.25, -0.2) is 9.97 Å². The number of rotatable bonds is 5. The molecular weight excluding hydrogens is 691 g/mol. The standard InChI is InChI=1S/C54H33N3/c55-34-40-18-13-25-48-52(40)45-31-30-39(32-49(45)54(48)46-23-11-9-20-42(46)43-21-10-12-24-47(43)54)41-19-7-8-22-44(41)51-33-50(56-53(57-51)38-16-5-2-6-17-38)37-28-26-36(27-29-37)35-14-3-1-4-15-35/h1-33H. The summed E-state index contributed by atoms with van der Waals surface area (Å²) >= 11 is 0. The van der Waals surface area contributed by atoms with Crippen LogP contribution in [0.4, 0.5) is 0 Å². The molecule has 9 aromatic rings. The molecule has 0 N–H and O–H groups in total. The van der Waals surface area contributed by atoms with Crippen LogP contribution in [0, 0.1) is 11.3 Å². The van der Waals surface area contributed by atoms with Gasteiger partial charge in [0.15, 0.2) is 5.82 Å². The van der Waals surface area contributed by atoms with E-state index in [2.05, 4.69) is 170 Å². The van der Waals surface area contributed by atoms with E-state index < -0.39 is 5.41 Å². The Bertz CT molecular complexity index is 3020. The maximum Gasteiger partial charge on any atom is 0.160 e. The number of benzene rings is 8. The molecule has 264 valence electrons. The van der Waals surface area contributed by atoms with Crippen LogP contribution >= 0.6 is 0 Å². The van der Waals surface area contributed by atoms with Crippen molar-refractivity contribution in [1.82, 2.24) is 9.97 Å². The van der Waals surface area contributed by atoms with Crippen LogP contribution in [-0.2, 0) is 5.41 Å². The molecule has 1 spiro atoms. The van der Waals surface area contributed by atoms with Gasteiger partial charge in [-0.1, -0.05) is 182 Å². The Kier molecular flexibility index (Phi) is 7.45. The van der Waals surface area contributed by atoms with Crippen LogP contribution in [-0.4, -0.2) is 9.97 Å². The first-order valence-corrected chi connectivity index (χ1v) is 19.3. The largest absolute Gasteiger partial charge is 0.228 e. The molecule has 0 radical (unpaired) electrons. The number of aromatic nitrogens is 2. The van der Waals surface area contributed by atoms with Crippen molar-refractivity contribution in [3.8, 4) is 84.5 Å². The van der Waals surface area contributed by atoms with Gasteiger partial charge in [-0.2, -0.15) is 5.26 Å². The minimum absolute atomic E-state index is 0.565. The third-order valence-corrected chi connectivity index (χ3v) is 11.8. The van der Waals surface area contributed by atoms with Gasteiger partial charge < -0.3 is 0 Å². The minimum Gasteiger partial charge on any atom is -0.228 e. The van der Waals surface area contributed by atoms with Crippen LogP contribution in [0.15, 0.2) is 200 Å². The normalized spacial score (nSPS) is 12.7. The van der Waals surface area contributed by atoms with E-state index in [1.54, 1.807) is 0 Å². The zero-order valence-corrected chi connectivity index (χ0v) is 30.9. The Morgan fingerprint density at radius 1 is 0.351 bits per heavy atom. The monoisotopic (exact) mass is 723 g/mol. The molecule has 8 aromatic carbocycles. The second-order valence-corrected chi connectivity index (χ2v) is 14.8. The predicted molar refractivity (Wildman–Crippen MR) is 230 cm³/mol. The maximum atomic E-state index is 10.5. The molecule has 0 aliphatic heterocycles. The topological polar surface area (TPSA) is 49.6 Å².